The number of benzene rings is 2. The lowest BCUT2D eigenvalue weighted by molar-refractivity contribution is -0.135. The molecule has 0 unspecified atom stereocenters. The molecule has 2 aromatic rings. The van der Waals surface area contributed by atoms with Crippen molar-refractivity contribution in [2.45, 2.75) is 19.4 Å². The number of rotatable bonds is 6. The average molecular weight is 598 g/mol. The predicted octanol–water partition coefficient (Wildman–Crippen LogP) is 5.59. The molecule has 2 aliphatic rings. The molecule has 0 aliphatic carbocycles. The minimum Gasteiger partial charge on any atom is -0.487 e. The molecule has 0 N–H and O–H groups in total. The molecular formula is C23H19Br2FN2O4S. The number of ether oxygens (including phenoxy) is 1. The van der Waals surface area contributed by atoms with Gasteiger partial charge in [-0.3, -0.25) is 19.3 Å². The number of carbonyl (C=O) groups excluding carboxylic acids is 3. The summed E-state index contributed by atoms with van der Waals surface area (Å²) in [5, 5.41) is -0.448. The first-order valence-corrected chi connectivity index (χ1v) is 12.6. The molecule has 0 saturated carbocycles. The first-order chi connectivity index (χ1) is 15.8. The number of likely N-dealkylation sites (tertiary alicyclic amines) is 1. The third kappa shape index (κ3) is 5.67. The van der Waals surface area contributed by atoms with Crippen molar-refractivity contribution in [3.05, 3.63) is 67.2 Å². The van der Waals surface area contributed by atoms with E-state index in [-0.39, 0.29) is 29.8 Å². The summed E-state index contributed by atoms with van der Waals surface area (Å²) in [7, 11) is 0. The maximum atomic E-state index is 13.1. The quantitative estimate of drug-likeness (QED) is 0.406. The van der Waals surface area contributed by atoms with Crippen LogP contribution in [-0.2, 0) is 16.2 Å². The smallest absolute Gasteiger partial charge is 0.294 e. The molecule has 0 atom stereocenters. The van der Waals surface area contributed by atoms with Gasteiger partial charge in [-0.25, -0.2) is 4.39 Å². The number of halogens is 3. The number of imide groups is 1. The lowest BCUT2D eigenvalue weighted by atomic mass is 10.2. The lowest BCUT2D eigenvalue weighted by Crippen LogP contribution is -2.40. The molecular weight excluding hydrogens is 579 g/mol. The van der Waals surface area contributed by atoms with E-state index in [1.807, 2.05) is 0 Å². The van der Waals surface area contributed by atoms with Gasteiger partial charge in [-0.1, -0.05) is 12.1 Å². The van der Waals surface area contributed by atoms with E-state index >= 15 is 0 Å². The summed E-state index contributed by atoms with van der Waals surface area (Å²) >= 11 is 7.78. The van der Waals surface area contributed by atoms with Crippen LogP contribution in [0.15, 0.2) is 50.2 Å². The largest absolute Gasteiger partial charge is 0.487 e. The Bertz CT molecular complexity index is 1110. The lowest BCUT2D eigenvalue weighted by Gasteiger charge is -2.18. The molecule has 33 heavy (non-hydrogen) atoms. The first kappa shape index (κ1) is 24.0. The summed E-state index contributed by atoms with van der Waals surface area (Å²) in [5.41, 5.74) is 1.50. The number of amides is 3. The Morgan fingerprint density at radius 3 is 2.36 bits per heavy atom. The molecule has 2 aromatic carbocycles. The van der Waals surface area contributed by atoms with E-state index in [1.54, 1.807) is 35.2 Å². The van der Waals surface area contributed by atoms with Crippen molar-refractivity contribution in [3.8, 4) is 5.75 Å². The normalized spacial score (nSPS) is 17.4. The summed E-state index contributed by atoms with van der Waals surface area (Å²) in [6.07, 6.45) is 3.51. The average Bonchev–Trinajstić information content (AvgIpc) is 3.39. The molecule has 0 radical (unpaired) electrons. The zero-order valence-corrected chi connectivity index (χ0v) is 21.3. The van der Waals surface area contributed by atoms with Crippen LogP contribution in [0.5, 0.6) is 5.75 Å². The minimum absolute atomic E-state index is 0.204. The van der Waals surface area contributed by atoms with Crippen LogP contribution < -0.4 is 4.74 Å². The molecule has 2 heterocycles. The fraction of sp³-hybridized carbons (Fsp3) is 0.261. The van der Waals surface area contributed by atoms with Crippen LogP contribution in [-0.4, -0.2) is 46.5 Å². The van der Waals surface area contributed by atoms with Crippen LogP contribution in [0.1, 0.15) is 24.0 Å². The van der Waals surface area contributed by atoms with Gasteiger partial charge in [0.05, 0.1) is 13.9 Å². The molecule has 0 bridgehead atoms. The highest BCUT2D eigenvalue weighted by molar-refractivity contribution is 9.11. The molecule has 4 rings (SSSR count). The predicted molar refractivity (Wildman–Crippen MR) is 131 cm³/mol. The van der Waals surface area contributed by atoms with Crippen LogP contribution in [0.3, 0.4) is 0 Å². The second-order valence-electron chi connectivity index (χ2n) is 7.58. The molecule has 2 aliphatic heterocycles. The Labute approximate surface area is 211 Å². The van der Waals surface area contributed by atoms with Crippen molar-refractivity contribution in [1.82, 2.24) is 9.80 Å². The molecule has 172 valence electrons. The highest BCUT2D eigenvalue weighted by Crippen LogP contribution is 2.38. The van der Waals surface area contributed by atoms with Crippen LogP contribution >= 0.6 is 43.6 Å². The zero-order chi connectivity index (χ0) is 23.5. The summed E-state index contributed by atoms with van der Waals surface area (Å²) in [5.74, 6) is -0.429. The highest BCUT2D eigenvalue weighted by atomic mass is 79.9. The molecule has 0 spiro atoms. The van der Waals surface area contributed by atoms with Crippen molar-refractivity contribution in [1.29, 1.82) is 0 Å². The van der Waals surface area contributed by atoms with E-state index in [2.05, 4.69) is 31.9 Å². The first-order valence-electron chi connectivity index (χ1n) is 10.2. The van der Waals surface area contributed by atoms with Gasteiger partial charge in [-0.2, -0.15) is 0 Å². The van der Waals surface area contributed by atoms with Gasteiger partial charge >= 0.3 is 0 Å². The van der Waals surface area contributed by atoms with Gasteiger partial charge in [-0.05, 0) is 97.9 Å². The van der Waals surface area contributed by atoms with E-state index in [0.717, 1.165) is 35.1 Å². The van der Waals surface area contributed by atoms with Crippen molar-refractivity contribution in [2.24, 2.45) is 0 Å². The SMILES string of the molecule is O=C(CN1C(=O)S/C(=C\c2cc(Br)c(OCc3ccc(F)cc3)c(Br)c2)C1=O)N1CCCC1. The van der Waals surface area contributed by atoms with E-state index < -0.39 is 11.1 Å². The van der Waals surface area contributed by atoms with E-state index in [4.69, 9.17) is 4.74 Å². The molecule has 3 amide bonds. The second-order valence-corrected chi connectivity index (χ2v) is 10.3. The van der Waals surface area contributed by atoms with Crippen LogP contribution in [0.25, 0.3) is 6.08 Å². The Kier molecular flexibility index (Phi) is 7.55. The van der Waals surface area contributed by atoms with Gasteiger partial charge in [0.2, 0.25) is 5.91 Å². The van der Waals surface area contributed by atoms with E-state index in [9.17, 15) is 18.8 Å². The maximum absolute atomic E-state index is 13.1. The minimum atomic E-state index is -0.471. The summed E-state index contributed by atoms with van der Waals surface area (Å²) < 4.78 is 20.2. The monoisotopic (exact) mass is 596 g/mol. The third-order valence-electron chi connectivity index (χ3n) is 5.24. The van der Waals surface area contributed by atoms with Gasteiger partial charge in [0.15, 0.2) is 0 Å². The number of nitrogens with zero attached hydrogens (tertiary/aromatic N) is 2. The summed E-state index contributed by atoms with van der Waals surface area (Å²) in [6, 6.07) is 9.59. The Morgan fingerprint density at radius 2 is 1.73 bits per heavy atom. The van der Waals surface area contributed by atoms with Crippen molar-refractivity contribution >= 4 is 66.8 Å². The van der Waals surface area contributed by atoms with Gasteiger partial charge in [0.25, 0.3) is 11.1 Å². The maximum Gasteiger partial charge on any atom is 0.294 e. The van der Waals surface area contributed by atoms with Gasteiger partial charge in [0.1, 0.15) is 24.7 Å². The molecule has 0 aromatic heterocycles. The standard InChI is InChI=1S/C23H19Br2FN2O4S/c24-17-9-15(10-18(25)21(17)32-13-14-3-5-16(26)6-4-14)11-19-22(30)28(23(31)33-19)12-20(29)27-7-1-2-8-27/h3-6,9-11H,1-2,7-8,12-13H2/b19-11-. The number of thioether (sulfide) groups is 1. The zero-order valence-electron chi connectivity index (χ0n) is 17.4. The molecule has 2 saturated heterocycles. The fourth-order valence-corrected chi connectivity index (χ4v) is 5.82. The summed E-state index contributed by atoms with van der Waals surface area (Å²) in [4.78, 5) is 40.4. The third-order valence-corrected chi connectivity index (χ3v) is 7.33. The van der Waals surface area contributed by atoms with Crippen LogP contribution in [0, 0.1) is 5.82 Å². The second kappa shape index (κ2) is 10.4. The van der Waals surface area contributed by atoms with E-state index in [0.29, 0.717) is 33.3 Å². The van der Waals surface area contributed by atoms with Crippen molar-refractivity contribution in [3.63, 3.8) is 0 Å². The Morgan fingerprint density at radius 1 is 1.09 bits per heavy atom. The van der Waals surface area contributed by atoms with Crippen LogP contribution in [0.2, 0.25) is 0 Å². The highest BCUT2D eigenvalue weighted by Gasteiger charge is 2.37. The topological polar surface area (TPSA) is 66.9 Å². The van der Waals surface area contributed by atoms with Crippen LogP contribution in [0.4, 0.5) is 9.18 Å². The molecule has 2 fully saturated rings. The number of carbonyl (C=O) groups is 3. The number of hydrogen-bond acceptors (Lipinski definition) is 5. The number of hydrogen-bond donors (Lipinski definition) is 0. The molecule has 10 heteroatoms. The Balaban J connectivity index is 1.45. The fourth-order valence-electron chi connectivity index (χ4n) is 3.53. The van der Waals surface area contributed by atoms with Gasteiger partial charge < -0.3 is 9.64 Å². The van der Waals surface area contributed by atoms with Gasteiger partial charge in [-0.15, -0.1) is 0 Å². The van der Waals surface area contributed by atoms with Crippen molar-refractivity contribution < 1.29 is 23.5 Å². The molecule has 6 nitrogen and oxygen atoms in total. The van der Waals surface area contributed by atoms with E-state index in [1.165, 1.54) is 12.1 Å². The Hall–Kier alpha value is -2.17. The van der Waals surface area contributed by atoms with Crippen molar-refractivity contribution in [2.75, 3.05) is 19.6 Å². The van der Waals surface area contributed by atoms with Gasteiger partial charge in [0, 0.05) is 13.1 Å². The summed E-state index contributed by atoms with van der Waals surface area (Å²) in [6.45, 7) is 1.36.